The van der Waals surface area contributed by atoms with E-state index in [1.807, 2.05) is 49.2 Å². The Hall–Kier alpha value is -3.15. The highest BCUT2D eigenvalue weighted by Crippen LogP contribution is 2.37. The van der Waals surface area contributed by atoms with Gasteiger partial charge in [0.15, 0.2) is 5.82 Å². The standard InChI is InChI=1S/C20H21N5O/c1-13-8-10-14(11-9-13)22-20-21-12-17-18(23-20)24(2)16-7-5-4-6-15(16)19(26)25(17)3/h6-12H,4-5H2,1-3H3,(H,21,22,23). The van der Waals surface area contributed by atoms with Crippen LogP contribution in [0.3, 0.4) is 0 Å². The third-order valence-corrected chi connectivity index (χ3v) is 4.76. The molecule has 1 aromatic carbocycles. The zero-order chi connectivity index (χ0) is 18.3. The van der Waals surface area contributed by atoms with E-state index in [0.29, 0.717) is 17.5 Å². The average Bonchev–Trinajstić information content (AvgIpc) is 2.74. The molecule has 0 atom stereocenters. The molecule has 1 aliphatic carbocycles. The van der Waals surface area contributed by atoms with Crippen molar-refractivity contribution in [1.29, 1.82) is 0 Å². The van der Waals surface area contributed by atoms with Crippen LogP contribution in [0.2, 0.25) is 0 Å². The van der Waals surface area contributed by atoms with Gasteiger partial charge in [0.25, 0.3) is 5.91 Å². The summed E-state index contributed by atoms with van der Waals surface area (Å²) in [5, 5.41) is 3.23. The minimum Gasteiger partial charge on any atom is -0.327 e. The number of fused-ring (bicyclic) bond motifs is 2. The van der Waals surface area contributed by atoms with Crippen molar-refractivity contribution in [2.45, 2.75) is 19.8 Å². The van der Waals surface area contributed by atoms with Gasteiger partial charge in [0.2, 0.25) is 5.95 Å². The molecule has 2 aliphatic rings. The number of allylic oxidation sites excluding steroid dienone is 2. The van der Waals surface area contributed by atoms with Crippen molar-refractivity contribution in [3.05, 3.63) is 59.4 Å². The molecule has 132 valence electrons. The van der Waals surface area contributed by atoms with Crippen LogP contribution in [-0.4, -0.2) is 30.0 Å². The third-order valence-electron chi connectivity index (χ3n) is 4.76. The van der Waals surface area contributed by atoms with Crippen LogP contribution in [0.25, 0.3) is 0 Å². The van der Waals surface area contributed by atoms with Gasteiger partial charge >= 0.3 is 0 Å². The molecule has 0 radical (unpaired) electrons. The van der Waals surface area contributed by atoms with Gasteiger partial charge in [-0.25, -0.2) is 4.98 Å². The monoisotopic (exact) mass is 347 g/mol. The van der Waals surface area contributed by atoms with Gasteiger partial charge in [-0.3, -0.25) is 4.79 Å². The molecule has 0 fully saturated rings. The molecule has 0 saturated heterocycles. The van der Waals surface area contributed by atoms with E-state index in [2.05, 4.69) is 21.4 Å². The van der Waals surface area contributed by atoms with E-state index in [9.17, 15) is 4.79 Å². The molecule has 26 heavy (non-hydrogen) atoms. The van der Waals surface area contributed by atoms with E-state index >= 15 is 0 Å². The zero-order valence-electron chi connectivity index (χ0n) is 15.2. The first-order valence-corrected chi connectivity index (χ1v) is 8.68. The van der Waals surface area contributed by atoms with Gasteiger partial charge in [0.05, 0.1) is 17.5 Å². The summed E-state index contributed by atoms with van der Waals surface area (Å²) in [6, 6.07) is 8.06. The molecular formula is C20H21N5O. The Labute approximate surface area is 152 Å². The lowest BCUT2D eigenvalue weighted by Gasteiger charge is -2.23. The number of carbonyl (C=O) groups is 1. The fourth-order valence-corrected chi connectivity index (χ4v) is 3.26. The molecule has 0 spiro atoms. The molecule has 6 heteroatoms. The van der Waals surface area contributed by atoms with Gasteiger partial charge < -0.3 is 15.1 Å². The maximum Gasteiger partial charge on any atom is 0.259 e. The molecule has 1 aromatic heterocycles. The fraction of sp³-hybridized carbons (Fsp3) is 0.250. The molecule has 2 heterocycles. The first-order valence-electron chi connectivity index (χ1n) is 8.68. The van der Waals surface area contributed by atoms with Crippen LogP contribution in [0, 0.1) is 6.92 Å². The number of rotatable bonds is 2. The average molecular weight is 347 g/mol. The van der Waals surface area contributed by atoms with Gasteiger partial charge in [-0.05, 0) is 31.9 Å². The van der Waals surface area contributed by atoms with Crippen molar-refractivity contribution >= 4 is 29.0 Å². The lowest BCUT2D eigenvalue weighted by Crippen LogP contribution is -2.28. The Bertz CT molecular complexity index is 930. The molecule has 4 rings (SSSR count). The molecule has 0 saturated carbocycles. The summed E-state index contributed by atoms with van der Waals surface area (Å²) in [6.07, 6.45) is 7.62. The van der Waals surface area contributed by atoms with Crippen molar-refractivity contribution in [3.63, 3.8) is 0 Å². The third kappa shape index (κ3) is 2.73. The van der Waals surface area contributed by atoms with Crippen molar-refractivity contribution in [3.8, 4) is 0 Å². The second-order valence-corrected chi connectivity index (χ2v) is 6.60. The topological polar surface area (TPSA) is 61.4 Å². The van der Waals surface area contributed by atoms with E-state index in [1.165, 1.54) is 5.56 Å². The highest BCUT2D eigenvalue weighted by atomic mass is 16.2. The first kappa shape index (κ1) is 16.3. The van der Waals surface area contributed by atoms with Crippen molar-refractivity contribution in [2.75, 3.05) is 29.2 Å². The number of carbonyl (C=O) groups excluding carboxylic acids is 1. The molecule has 0 unspecified atom stereocenters. The molecule has 1 amide bonds. The maximum absolute atomic E-state index is 12.8. The Morgan fingerprint density at radius 3 is 2.54 bits per heavy atom. The maximum atomic E-state index is 12.8. The summed E-state index contributed by atoms with van der Waals surface area (Å²) in [6.45, 7) is 2.05. The predicted molar refractivity (Wildman–Crippen MR) is 104 cm³/mol. The van der Waals surface area contributed by atoms with Crippen LogP contribution < -0.4 is 15.1 Å². The number of aromatic nitrogens is 2. The SMILES string of the molecule is Cc1ccc(Nc2ncc3c(n2)N(C)C2=CCCC=C2C(=O)N3C)cc1. The van der Waals surface area contributed by atoms with E-state index < -0.39 is 0 Å². The summed E-state index contributed by atoms with van der Waals surface area (Å²) in [7, 11) is 3.71. The molecule has 1 aliphatic heterocycles. The van der Waals surface area contributed by atoms with E-state index in [0.717, 1.165) is 29.8 Å². The number of nitrogens with zero attached hydrogens (tertiary/aromatic N) is 4. The van der Waals surface area contributed by atoms with Crippen molar-refractivity contribution in [1.82, 2.24) is 9.97 Å². The van der Waals surface area contributed by atoms with Crippen LogP contribution >= 0.6 is 0 Å². The number of anilines is 4. The quantitative estimate of drug-likeness (QED) is 0.900. The Morgan fingerprint density at radius 1 is 1.04 bits per heavy atom. The van der Waals surface area contributed by atoms with Gasteiger partial charge in [-0.15, -0.1) is 0 Å². The molecule has 0 bridgehead atoms. The van der Waals surface area contributed by atoms with Crippen molar-refractivity contribution in [2.24, 2.45) is 0 Å². The normalized spacial score (nSPS) is 16.3. The summed E-state index contributed by atoms with van der Waals surface area (Å²) in [5.41, 5.74) is 4.46. The fourth-order valence-electron chi connectivity index (χ4n) is 3.26. The van der Waals surface area contributed by atoms with Gasteiger partial charge in [0, 0.05) is 19.8 Å². The highest BCUT2D eigenvalue weighted by molar-refractivity contribution is 6.12. The number of amides is 1. The summed E-state index contributed by atoms with van der Waals surface area (Å²) in [4.78, 5) is 25.5. The van der Waals surface area contributed by atoms with Gasteiger partial charge in [0.1, 0.15) is 5.69 Å². The van der Waals surface area contributed by atoms with E-state index in [1.54, 1.807) is 18.1 Å². The summed E-state index contributed by atoms with van der Waals surface area (Å²) >= 11 is 0. The lowest BCUT2D eigenvalue weighted by atomic mass is 10.0. The number of nitrogens with one attached hydrogen (secondary N) is 1. The summed E-state index contributed by atoms with van der Waals surface area (Å²) < 4.78 is 0. The molecule has 2 aromatic rings. The first-order chi connectivity index (χ1) is 12.5. The lowest BCUT2D eigenvalue weighted by molar-refractivity contribution is -0.114. The Kier molecular flexibility index (Phi) is 3.95. The number of aryl methyl sites for hydroxylation is 1. The molecular weight excluding hydrogens is 326 g/mol. The van der Waals surface area contributed by atoms with Gasteiger partial charge in [-0.1, -0.05) is 29.8 Å². The number of hydrogen-bond acceptors (Lipinski definition) is 5. The Balaban J connectivity index is 1.75. The van der Waals surface area contributed by atoms with Gasteiger partial charge in [-0.2, -0.15) is 4.98 Å². The van der Waals surface area contributed by atoms with E-state index in [4.69, 9.17) is 0 Å². The molecule has 1 N–H and O–H groups in total. The van der Waals surface area contributed by atoms with E-state index in [-0.39, 0.29) is 5.91 Å². The number of benzene rings is 1. The predicted octanol–water partition coefficient (Wildman–Crippen LogP) is 3.55. The van der Waals surface area contributed by atoms with Crippen LogP contribution in [0.1, 0.15) is 18.4 Å². The van der Waals surface area contributed by atoms with Crippen LogP contribution in [0.15, 0.2) is 53.9 Å². The van der Waals surface area contributed by atoms with Crippen LogP contribution in [-0.2, 0) is 4.79 Å². The van der Waals surface area contributed by atoms with Crippen molar-refractivity contribution < 1.29 is 4.79 Å². The Morgan fingerprint density at radius 2 is 1.77 bits per heavy atom. The second-order valence-electron chi connectivity index (χ2n) is 6.60. The molecule has 6 nitrogen and oxygen atoms in total. The zero-order valence-corrected chi connectivity index (χ0v) is 15.2. The summed E-state index contributed by atoms with van der Waals surface area (Å²) in [5.74, 6) is 1.19. The number of likely N-dealkylation sites (N-methyl/N-ethyl adjacent to an activating group) is 2. The smallest absolute Gasteiger partial charge is 0.259 e. The minimum atomic E-state index is -0.0237. The largest absolute Gasteiger partial charge is 0.327 e. The van der Waals surface area contributed by atoms with Crippen LogP contribution in [0.5, 0.6) is 0 Å². The second kappa shape index (κ2) is 6.29. The van der Waals surface area contributed by atoms with Crippen LogP contribution in [0.4, 0.5) is 23.1 Å². The highest BCUT2D eigenvalue weighted by Gasteiger charge is 2.32. The minimum absolute atomic E-state index is 0.0237. The number of hydrogen-bond donors (Lipinski definition) is 1.